The Kier molecular flexibility index (Phi) is 9.73. The maximum Gasteiger partial charge on any atom is 0.250 e. The van der Waals surface area contributed by atoms with Crippen molar-refractivity contribution in [2.24, 2.45) is 17.8 Å². The van der Waals surface area contributed by atoms with Gasteiger partial charge in [-0.2, -0.15) is 0 Å². The molecule has 0 saturated carbocycles. The van der Waals surface area contributed by atoms with Gasteiger partial charge in [-0.05, 0) is 59.7 Å². The van der Waals surface area contributed by atoms with Crippen LogP contribution in [0.25, 0.3) is 0 Å². The van der Waals surface area contributed by atoms with Crippen molar-refractivity contribution in [3.8, 4) is 17.2 Å². The molecule has 198 valence electrons. The number of carbonyl (C=O) groups is 1. The summed E-state index contributed by atoms with van der Waals surface area (Å²) < 4.78 is 26.1. The standard InChI is InChI=1S/C28H45BrO5Si/c1-13-16(2)14-15-20-17(3)23(30)18(4)24(33-20)21-22(29)25(31-9)19(5)26(32-10)27(21)34-35(11,12)28(6,7)8/h13,16-18,20,24H,1,14-15H2,2-12H3/t16-,17+,18-,20-,24-/m1/s1. The van der Waals surface area contributed by atoms with Gasteiger partial charge in [0, 0.05) is 23.0 Å². The Bertz CT molecular complexity index is 937. The van der Waals surface area contributed by atoms with Gasteiger partial charge in [0.25, 0.3) is 8.32 Å². The molecule has 0 aliphatic carbocycles. The molecule has 35 heavy (non-hydrogen) atoms. The first-order valence-electron chi connectivity index (χ1n) is 12.6. The predicted molar refractivity (Wildman–Crippen MR) is 149 cm³/mol. The Morgan fingerprint density at radius 1 is 1.11 bits per heavy atom. The van der Waals surface area contributed by atoms with E-state index in [4.69, 9.17) is 18.6 Å². The van der Waals surface area contributed by atoms with Crippen LogP contribution in [0, 0.1) is 24.7 Å². The van der Waals surface area contributed by atoms with Gasteiger partial charge in [0.15, 0.2) is 11.5 Å². The van der Waals surface area contributed by atoms with E-state index in [0.29, 0.717) is 23.2 Å². The summed E-state index contributed by atoms with van der Waals surface area (Å²) in [7, 11) is 1.03. The maximum atomic E-state index is 13.5. The number of Topliss-reactive ketones (excluding diaryl/α,β-unsaturated/α-hetero) is 1. The lowest BCUT2D eigenvalue weighted by atomic mass is 9.80. The number of rotatable bonds is 9. The van der Waals surface area contributed by atoms with Crippen molar-refractivity contribution < 1.29 is 23.4 Å². The van der Waals surface area contributed by atoms with E-state index in [1.54, 1.807) is 14.2 Å². The Morgan fingerprint density at radius 3 is 2.17 bits per heavy atom. The van der Waals surface area contributed by atoms with E-state index < -0.39 is 14.4 Å². The van der Waals surface area contributed by atoms with Crippen LogP contribution in [0.3, 0.4) is 0 Å². The second-order valence-electron chi connectivity index (χ2n) is 11.5. The van der Waals surface area contributed by atoms with Crippen molar-refractivity contribution in [1.29, 1.82) is 0 Å². The molecular formula is C28H45BrO5Si. The highest BCUT2D eigenvalue weighted by Crippen LogP contribution is 2.54. The molecular weight excluding hydrogens is 524 g/mol. The van der Waals surface area contributed by atoms with Crippen LogP contribution in [0.15, 0.2) is 17.1 Å². The van der Waals surface area contributed by atoms with Crippen molar-refractivity contribution in [2.75, 3.05) is 14.2 Å². The molecule has 1 aromatic carbocycles. The van der Waals surface area contributed by atoms with E-state index in [9.17, 15) is 4.79 Å². The summed E-state index contributed by atoms with van der Waals surface area (Å²) in [6, 6.07) is 0. The molecule has 2 rings (SSSR count). The zero-order chi connectivity index (χ0) is 26.9. The van der Waals surface area contributed by atoms with Gasteiger partial charge >= 0.3 is 0 Å². The molecule has 0 unspecified atom stereocenters. The first kappa shape index (κ1) is 29.9. The number of allylic oxidation sites excluding steroid dienone is 1. The molecule has 0 radical (unpaired) electrons. The summed E-state index contributed by atoms with van der Waals surface area (Å²) in [5.41, 5.74) is 1.64. The largest absolute Gasteiger partial charge is 0.541 e. The highest BCUT2D eigenvalue weighted by atomic mass is 79.9. The van der Waals surface area contributed by atoms with Crippen LogP contribution in [0.4, 0.5) is 0 Å². The van der Waals surface area contributed by atoms with E-state index in [-0.39, 0.29) is 28.8 Å². The summed E-state index contributed by atoms with van der Waals surface area (Å²) in [5.74, 6) is 2.01. The molecule has 1 heterocycles. The number of ketones is 1. The van der Waals surface area contributed by atoms with Crippen LogP contribution in [0.5, 0.6) is 17.2 Å². The van der Waals surface area contributed by atoms with E-state index in [0.717, 1.165) is 28.4 Å². The second kappa shape index (κ2) is 11.4. The number of carbonyl (C=O) groups excluding carboxylic acids is 1. The number of ether oxygens (including phenoxy) is 3. The summed E-state index contributed by atoms with van der Waals surface area (Å²) in [4.78, 5) is 13.5. The van der Waals surface area contributed by atoms with Crippen LogP contribution in [-0.4, -0.2) is 34.4 Å². The summed E-state index contributed by atoms with van der Waals surface area (Å²) >= 11 is 3.81. The van der Waals surface area contributed by atoms with Gasteiger partial charge in [-0.3, -0.25) is 4.79 Å². The van der Waals surface area contributed by atoms with Crippen molar-refractivity contribution in [2.45, 2.75) is 91.6 Å². The van der Waals surface area contributed by atoms with Gasteiger partial charge in [0.05, 0.1) is 30.9 Å². The summed E-state index contributed by atoms with van der Waals surface area (Å²) in [6.45, 7) is 23.0. The number of halogens is 1. The normalized spacial score (nSPS) is 24.2. The zero-order valence-corrected chi connectivity index (χ0v) is 26.1. The minimum Gasteiger partial charge on any atom is -0.541 e. The zero-order valence-electron chi connectivity index (χ0n) is 23.5. The Hall–Kier alpha value is -1.31. The van der Waals surface area contributed by atoms with Crippen molar-refractivity contribution in [3.63, 3.8) is 0 Å². The molecule has 1 aromatic rings. The van der Waals surface area contributed by atoms with Crippen molar-refractivity contribution >= 4 is 30.0 Å². The smallest absolute Gasteiger partial charge is 0.250 e. The second-order valence-corrected chi connectivity index (χ2v) is 17.0. The minimum absolute atomic E-state index is 0.0255. The van der Waals surface area contributed by atoms with E-state index in [2.05, 4.69) is 63.3 Å². The summed E-state index contributed by atoms with van der Waals surface area (Å²) in [5, 5.41) is -0.0255. The van der Waals surface area contributed by atoms with Crippen LogP contribution in [-0.2, 0) is 9.53 Å². The number of hydrogen-bond acceptors (Lipinski definition) is 5. The Morgan fingerprint density at radius 2 is 1.69 bits per heavy atom. The monoisotopic (exact) mass is 568 g/mol. The number of benzene rings is 1. The Balaban J connectivity index is 2.73. The van der Waals surface area contributed by atoms with Gasteiger partial charge in [-0.1, -0.05) is 47.6 Å². The number of methoxy groups -OCH3 is 2. The molecule has 0 aromatic heterocycles. The fraction of sp³-hybridized carbons (Fsp3) is 0.679. The van der Waals surface area contributed by atoms with E-state index in [1.165, 1.54) is 0 Å². The average molecular weight is 570 g/mol. The Labute approximate surface area is 222 Å². The number of hydrogen-bond donors (Lipinski definition) is 0. The minimum atomic E-state index is -2.26. The predicted octanol–water partition coefficient (Wildman–Crippen LogP) is 8.04. The molecule has 1 aliphatic rings. The third kappa shape index (κ3) is 5.99. The maximum absolute atomic E-state index is 13.5. The molecule has 0 bridgehead atoms. The molecule has 1 aliphatic heterocycles. The summed E-state index contributed by atoms with van der Waals surface area (Å²) in [6.07, 6.45) is 2.99. The average Bonchev–Trinajstić information content (AvgIpc) is 2.77. The topological polar surface area (TPSA) is 54.0 Å². The quantitative estimate of drug-likeness (QED) is 0.223. The molecule has 1 fully saturated rings. The lowest BCUT2D eigenvalue weighted by Crippen LogP contribution is -2.45. The third-order valence-corrected chi connectivity index (χ3v) is 13.1. The van der Waals surface area contributed by atoms with Gasteiger partial charge in [-0.15, -0.1) is 6.58 Å². The fourth-order valence-corrected chi connectivity index (χ4v) is 6.27. The van der Waals surface area contributed by atoms with Gasteiger partial charge in [0.1, 0.15) is 11.5 Å². The SMILES string of the molecule is C=C[C@@H](C)CC[C@H]1O[C@@H](c2c(Br)c(OC)c(C)c(OC)c2O[Si](C)(C)C(C)(C)C)[C@H](C)C(=O)[C@H]1C. The molecule has 7 heteroatoms. The third-order valence-electron chi connectivity index (χ3n) is 7.96. The first-order chi connectivity index (χ1) is 16.1. The van der Waals surface area contributed by atoms with Crippen LogP contribution >= 0.6 is 15.9 Å². The lowest BCUT2D eigenvalue weighted by Gasteiger charge is -2.42. The van der Waals surface area contributed by atoms with Crippen LogP contribution in [0.2, 0.25) is 18.1 Å². The van der Waals surface area contributed by atoms with Gasteiger partial charge in [-0.25, -0.2) is 0 Å². The molecule has 5 nitrogen and oxygen atoms in total. The van der Waals surface area contributed by atoms with Gasteiger partial charge in [0.2, 0.25) is 0 Å². The molecule has 0 N–H and O–H groups in total. The highest BCUT2D eigenvalue weighted by molar-refractivity contribution is 9.10. The van der Waals surface area contributed by atoms with E-state index >= 15 is 0 Å². The van der Waals surface area contributed by atoms with Crippen molar-refractivity contribution in [1.82, 2.24) is 0 Å². The first-order valence-corrected chi connectivity index (χ1v) is 16.3. The molecule has 0 spiro atoms. The van der Waals surface area contributed by atoms with Crippen LogP contribution in [0.1, 0.15) is 71.6 Å². The van der Waals surface area contributed by atoms with Gasteiger partial charge < -0.3 is 18.6 Å². The molecule has 1 saturated heterocycles. The van der Waals surface area contributed by atoms with Crippen LogP contribution < -0.4 is 13.9 Å². The highest BCUT2D eigenvalue weighted by Gasteiger charge is 2.46. The lowest BCUT2D eigenvalue weighted by molar-refractivity contribution is -0.157. The molecule has 0 amide bonds. The fourth-order valence-electron chi connectivity index (χ4n) is 4.39. The van der Waals surface area contributed by atoms with E-state index in [1.807, 2.05) is 26.8 Å². The van der Waals surface area contributed by atoms with Crippen molar-refractivity contribution in [3.05, 3.63) is 28.3 Å². The molecule has 5 atom stereocenters.